The average Bonchev–Trinajstić information content (AvgIpc) is 2.80. The predicted octanol–water partition coefficient (Wildman–Crippen LogP) is 2.47. The number of guanidine groups is 1. The van der Waals surface area contributed by atoms with Crippen LogP contribution >= 0.6 is 0 Å². The molecule has 1 aromatic heterocycles. The van der Waals surface area contributed by atoms with Crippen LogP contribution in [0, 0.1) is 0 Å². The lowest BCUT2D eigenvalue weighted by atomic mass is 9.80. The van der Waals surface area contributed by atoms with Gasteiger partial charge in [0.15, 0.2) is 5.96 Å². The quantitative estimate of drug-likeness (QED) is 0.335. The molecule has 0 atom stereocenters. The van der Waals surface area contributed by atoms with E-state index in [4.69, 9.17) is 4.74 Å². The Kier molecular flexibility index (Phi) is 9.02. The highest BCUT2D eigenvalue weighted by Gasteiger charge is 2.38. The standard InChI is InChI=1S/C22H38N6O/c1-23-21(26-14-8-7-13-25-20-9-3-6-12-24-20)27-19-22(10-4-2-5-11-22)28-15-17-29-18-16-28/h3,6,9,12H,2,4-5,7-8,10-11,13-19H2,1H3,(H,24,25)(H2,23,26,27). The fourth-order valence-corrected chi connectivity index (χ4v) is 4.46. The largest absolute Gasteiger partial charge is 0.379 e. The molecule has 162 valence electrons. The molecule has 1 saturated carbocycles. The van der Waals surface area contributed by atoms with Crippen molar-refractivity contribution in [2.24, 2.45) is 4.99 Å². The third kappa shape index (κ3) is 6.85. The molecule has 0 aromatic carbocycles. The summed E-state index contributed by atoms with van der Waals surface area (Å²) in [5, 5.41) is 10.5. The van der Waals surface area contributed by atoms with E-state index in [-0.39, 0.29) is 5.54 Å². The number of nitrogens with one attached hydrogen (secondary N) is 3. The highest BCUT2D eigenvalue weighted by atomic mass is 16.5. The first-order chi connectivity index (χ1) is 14.3. The first kappa shape index (κ1) is 21.8. The zero-order valence-electron chi connectivity index (χ0n) is 18.0. The Hall–Kier alpha value is -1.86. The molecule has 0 spiro atoms. The van der Waals surface area contributed by atoms with E-state index in [1.807, 2.05) is 31.4 Å². The number of nitrogens with zero attached hydrogens (tertiary/aromatic N) is 3. The van der Waals surface area contributed by atoms with Crippen LogP contribution in [-0.4, -0.2) is 74.4 Å². The summed E-state index contributed by atoms with van der Waals surface area (Å²) in [4.78, 5) is 11.4. The van der Waals surface area contributed by atoms with Gasteiger partial charge in [-0.05, 0) is 37.8 Å². The van der Waals surface area contributed by atoms with Crippen molar-refractivity contribution in [1.82, 2.24) is 20.5 Å². The molecule has 0 amide bonds. The van der Waals surface area contributed by atoms with Gasteiger partial charge in [0.25, 0.3) is 0 Å². The summed E-state index contributed by atoms with van der Waals surface area (Å²) in [7, 11) is 1.86. The van der Waals surface area contributed by atoms with Gasteiger partial charge >= 0.3 is 0 Å². The summed E-state index contributed by atoms with van der Waals surface area (Å²) in [5.74, 6) is 1.86. The summed E-state index contributed by atoms with van der Waals surface area (Å²) in [6.07, 6.45) is 10.6. The molecule has 0 bridgehead atoms. The molecule has 0 unspecified atom stereocenters. The number of aliphatic imine (C=N–C) groups is 1. The SMILES string of the molecule is CN=C(NCCCCNc1ccccn1)NCC1(N2CCOCC2)CCCCC1. The number of rotatable bonds is 9. The maximum absolute atomic E-state index is 5.59. The van der Waals surface area contributed by atoms with Crippen LogP contribution in [0.15, 0.2) is 29.4 Å². The Morgan fingerprint density at radius 1 is 1.10 bits per heavy atom. The van der Waals surface area contributed by atoms with Crippen LogP contribution in [0.3, 0.4) is 0 Å². The van der Waals surface area contributed by atoms with E-state index >= 15 is 0 Å². The monoisotopic (exact) mass is 402 g/mol. The maximum atomic E-state index is 5.59. The Bertz CT molecular complexity index is 597. The molecule has 3 N–H and O–H groups in total. The van der Waals surface area contributed by atoms with Crippen molar-refractivity contribution in [3.05, 3.63) is 24.4 Å². The Labute approximate surface area is 175 Å². The molecular formula is C22H38N6O. The molecule has 7 heteroatoms. The second-order valence-corrected chi connectivity index (χ2v) is 8.09. The van der Waals surface area contributed by atoms with Crippen molar-refractivity contribution in [1.29, 1.82) is 0 Å². The Balaban J connectivity index is 1.37. The van der Waals surface area contributed by atoms with Gasteiger partial charge < -0.3 is 20.7 Å². The van der Waals surface area contributed by atoms with E-state index in [0.717, 1.165) is 70.6 Å². The number of hydrogen-bond donors (Lipinski definition) is 3. The summed E-state index contributed by atoms with van der Waals surface area (Å²) in [5.41, 5.74) is 0.256. The smallest absolute Gasteiger partial charge is 0.191 e. The molecule has 0 radical (unpaired) electrons. The highest BCUT2D eigenvalue weighted by Crippen LogP contribution is 2.33. The van der Waals surface area contributed by atoms with Gasteiger partial charge in [0.05, 0.1) is 13.2 Å². The summed E-state index contributed by atoms with van der Waals surface area (Å²) < 4.78 is 5.59. The molecule has 2 aliphatic rings. The second-order valence-electron chi connectivity index (χ2n) is 8.09. The molecule has 1 aliphatic heterocycles. The van der Waals surface area contributed by atoms with Crippen molar-refractivity contribution in [3.63, 3.8) is 0 Å². The zero-order chi connectivity index (χ0) is 20.2. The van der Waals surface area contributed by atoms with E-state index < -0.39 is 0 Å². The van der Waals surface area contributed by atoms with Crippen molar-refractivity contribution in [3.8, 4) is 0 Å². The molecule has 2 fully saturated rings. The number of pyridine rings is 1. The summed E-state index contributed by atoms with van der Waals surface area (Å²) >= 11 is 0. The van der Waals surface area contributed by atoms with Gasteiger partial charge in [0.1, 0.15) is 5.82 Å². The molecule has 1 saturated heterocycles. The number of aromatic nitrogens is 1. The van der Waals surface area contributed by atoms with E-state index in [0.29, 0.717) is 0 Å². The predicted molar refractivity (Wildman–Crippen MR) is 120 cm³/mol. The van der Waals surface area contributed by atoms with Gasteiger partial charge in [-0.25, -0.2) is 4.98 Å². The Morgan fingerprint density at radius 2 is 1.90 bits per heavy atom. The van der Waals surface area contributed by atoms with Gasteiger partial charge in [-0.15, -0.1) is 0 Å². The number of hydrogen-bond acceptors (Lipinski definition) is 5. The lowest BCUT2D eigenvalue weighted by Crippen LogP contribution is -2.60. The minimum Gasteiger partial charge on any atom is -0.379 e. The summed E-state index contributed by atoms with van der Waals surface area (Å²) in [6.45, 7) is 6.66. The van der Waals surface area contributed by atoms with Crippen LogP contribution in [0.4, 0.5) is 5.82 Å². The molecule has 7 nitrogen and oxygen atoms in total. The van der Waals surface area contributed by atoms with Crippen molar-refractivity contribution < 1.29 is 4.74 Å². The first-order valence-electron chi connectivity index (χ1n) is 11.2. The van der Waals surface area contributed by atoms with E-state index in [1.54, 1.807) is 0 Å². The van der Waals surface area contributed by atoms with Gasteiger partial charge in [-0.3, -0.25) is 9.89 Å². The summed E-state index contributed by atoms with van der Waals surface area (Å²) in [6, 6.07) is 5.94. The normalized spacial score (nSPS) is 20.2. The topological polar surface area (TPSA) is 73.8 Å². The number of ether oxygens (including phenoxy) is 1. The van der Waals surface area contributed by atoms with Crippen molar-refractivity contribution in [2.45, 2.75) is 50.5 Å². The maximum Gasteiger partial charge on any atom is 0.191 e. The van der Waals surface area contributed by atoms with Crippen molar-refractivity contribution in [2.75, 3.05) is 58.3 Å². The Morgan fingerprint density at radius 3 is 2.62 bits per heavy atom. The fraction of sp³-hybridized carbons (Fsp3) is 0.727. The van der Waals surface area contributed by atoms with Gasteiger partial charge in [-0.2, -0.15) is 0 Å². The highest BCUT2D eigenvalue weighted by molar-refractivity contribution is 5.79. The minimum atomic E-state index is 0.256. The second kappa shape index (κ2) is 12.0. The third-order valence-corrected chi connectivity index (χ3v) is 6.14. The van der Waals surface area contributed by atoms with Crippen molar-refractivity contribution >= 4 is 11.8 Å². The van der Waals surface area contributed by atoms with Gasteiger partial charge in [0.2, 0.25) is 0 Å². The zero-order valence-corrected chi connectivity index (χ0v) is 18.0. The molecule has 29 heavy (non-hydrogen) atoms. The van der Waals surface area contributed by atoms with Crippen LogP contribution in [0.5, 0.6) is 0 Å². The molecule has 1 aliphatic carbocycles. The van der Waals surface area contributed by atoms with E-state index in [9.17, 15) is 0 Å². The molecule has 3 rings (SSSR count). The van der Waals surface area contributed by atoms with Gasteiger partial charge in [-0.1, -0.05) is 25.3 Å². The van der Waals surface area contributed by atoms with E-state index in [2.05, 4.69) is 30.8 Å². The number of unbranched alkanes of at least 4 members (excludes halogenated alkanes) is 1. The van der Waals surface area contributed by atoms with Crippen LogP contribution < -0.4 is 16.0 Å². The van der Waals surface area contributed by atoms with Gasteiger partial charge in [0, 0.05) is 51.5 Å². The first-order valence-corrected chi connectivity index (χ1v) is 11.2. The molecule has 2 heterocycles. The lowest BCUT2D eigenvalue weighted by molar-refractivity contribution is -0.0352. The average molecular weight is 403 g/mol. The molecule has 1 aromatic rings. The number of morpholine rings is 1. The number of anilines is 1. The van der Waals surface area contributed by atoms with Crippen LogP contribution in [-0.2, 0) is 4.74 Å². The van der Waals surface area contributed by atoms with Crippen LogP contribution in [0.2, 0.25) is 0 Å². The fourth-order valence-electron chi connectivity index (χ4n) is 4.46. The minimum absolute atomic E-state index is 0.256. The van der Waals surface area contributed by atoms with Crippen LogP contribution in [0.1, 0.15) is 44.9 Å². The lowest BCUT2D eigenvalue weighted by Gasteiger charge is -2.48. The molecular weight excluding hydrogens is 364 g/mol. The van der Waals surface area contributed by atoms with E-state index in [1.165, 1.54) is 32.1 Å². The third-order valence-electron chi connectivity index (χ3n) is 6.14. The van der Waals surface area contributed by atoms with Crippen LogP contribution in [0.25, 0.3) is 0 Å².